The second-order valence-corrected chi connectivity index (χ2v) is 6.26. The van der Waals surface area contributed by atoms with Crippen LogP contribution in [0.1, 0.15) is 28.0 Å². The molecule has 4 nitrogen and oxygen atoms in total. The van der Waals surface area contributed by atoms with E-state index in [0.717, 1.165) is 22.0 Å². The van der Waals surface area contributed by atoms with Gasteiger partial charge in [0.05, 0.1) is 28.9 Å². The fourth-order valence-corrected chi connectivity index (χ4v) is 3.00. The fraction of sp³-hybridized carbons (Fsp3) is 0.167. The van der Waals surface area contributed by atoms with Gasteiger partial charge in [0, 0.05) is 11.6 Å². The van der Waals surface area contributed by atoms with Crippen molar-refractivity contribution in [3.63, 3.8) is 0 Å². The summed E-state index contributed by atoms with van der Waals surface area (Å²) >= 11 is 1.55. The third-order valence-electron chi connectivity index (χ3n) is 3.43. The Bertz CT molecular complexity index is 732. The van der Waals surface area contributed by atoms with E-state index in [1.165, 1.54) is 0 Å². The highest BCUT2D eigenvalue weighted by atomic mass is 32.1. The minimum absolute atomic E-state index is 0.0604. The number of aromatic nitrogens is 2. The van der Waals surface area contributed by atoms with Crippen LogP contribution >= 0.6 is 11.3 Å². The summed E-state index contributed by atoms with van der Waals surface area (Å²) in [6, 6.07) is 15.3. The monoisotopic (exact) mass is 323 g/mol. The third-order valence-corrected chi connectivity index (χ3v) is 4.25. The van der Waals surface area contributed by atoms with Crippen LogP contribution < -0.4 is 5.32 Å². The first kappa shape index (κ1) is 15.4. The highest BCUT2D eigenvalue weighted by Gasteiger charge is 2.18. The van der Waals surface area contributed by atoms with Gasteiger partial charge in [0.1, 0.15) is 0 Å². The molecule has 0 fully saturated rings. The number of nitrogens with zero attached hydrogens (tertiary/aromatic N) is 2. The SMILES string of the molecule is Cc1nc(CC(=O)NC(c2ccccc2)c2ccccn2)cs1. The van der Waals surface area contributed by atoms with Crippen molar-refractivity contribution in [3.05, 3.63) is 82.1 Å². The number of rotatable bonds is 5. The van der Waals surface area contributed by atoms with Gasteiger partial charge < -0.3 is 5.32 Å². The Kier molecular flexibility index (Phi) is 4.78. The summed E-state index contributed by atoms with van der Waals surface area (Å²) in [6.07, 6.45) is 2.02. The average Bonchev–Trinajstić information content (AvgIpc) is 2.99. The molecule has 0 spiro atoms. The number of benzene rings is 1. The molecule has 116 valence electrons. The van der Waals surface area contributed by atoms with Crippen LogP contribution in [-0.4, -0.2) is 15.9 Å². The highest BCUT2D eigenvalue weighted by Crippen LogP contribution is 2.20. The molecular weight excluding hydrogens is 306 g/mol. The van der Waals surface area contributed by atoms with E-state index >= 15 is 0 Å². The van der Waals surface area contributed by atoms with E-state index in [2.05, 4.69) is 15.3 Å². The Hall–Kier alpha value is -2.53. The zero-order valence-corrected chi connectivity index (χ0v) is 13.6. The lowest BCUT2D eigenvalue weighted by Crippen LogP contribution is -2.31. The summed E-state index contributed by atoms with van der Waals surface area (Å²) in [5.74, 6) is -0.0604. The minimum atomic E-state index is -0.260. The molecule has 23 heavy (non-hydrogen) atoms. The molecule has 5 heteroatoms. The van der Waals surface area contributed by atoms with Crippen molar-refractivity contribution >= 4 is 17.2 Å². The lowest BCUT2D eigenvalue weighted by atomic mass is 10.0. The van der Waals surface area contributed by atoms with Gasteiger partial charge >= 0.3 is 0 Å². The molecule has 1 amide bonds. The molecular formula is C18H17N3OS. The van der Waals surface area contributed by atoms with Crippen molar-refractivity contribution in [3.8, 4) is 0 Å². The van der Waals surface area contributed by atoms with Crippen molar-refractivity contribution in [2.75, 3.05) is 0 Å². The van der Waals surface area contributed by atoms with Crippen molar-refractivity contribution < 1.29 is 4.79 Å². The second kappa shape index (κ2) is 7.15. The predicted molar refractivity (Wildman–Crippen MR) is 91.2 cm³/mol. The summed E-state index contributed by atoms with van der Waals surface area (Å²) in [4.78, 5) is 21.1. The quantitative estimate of drug-likeness (QED) is 0.784. The van der Waals surface area contributed by atoms with Gasteiger partial charge in [-0.2, -0.15) is 0 Å². The summed E-state index contributed by atoms with van der Waals surface area (Å²) in [5.41, 5.74) is 2.63. The van der Waals surface area contributed by atoms with Gasteiger partial charge in [-0.05, 0) is 24.6 Å². The van der Waals surface area contributed by atoms with Crippen LogP contribution in [0.25, 0.3) is 0 Å². The van der Waals surface area contributed by atoms with Gasteiger partial charge in [-0.25, -0.2) is 4.98 Å². The number of carbonyl (C=O) groups excluding carboxylic acids is 1. The highest BCUT2D eigenvalue weighted by molar-refractivity contribution is 7.09. The summed E-state index contributed by atoms with van der Waals surface area (Å²) in [5, 5.41) is 5.96. The molecule has 2 heterocycles. The number of thiazole rings is 1. The van der Waals surface area contributed by atoms with Crippen LogP contribution in [0.3, 0.4) is 0 Å². The molecule has 3 rings (SSSR count). The van der Waals surface area contributed by atoms with Crippen LogP contribution in [0, 0.1) is 6.92 Å². The molecule has 1 N–H and O–H groups in total. The Morgan fingerprint density at radius 2 is 1.96 bits per heavy atom. The number of hydrogen-bond donors (Lipinski definition) is 1. The average molecular weight is 323 g/mol. The minimum Gasteiger partial charge on any atom is -0.343 e. The molecule has 1 unspecified atom stereocenters. The molecule has 1 atom stereocenters. The first-order chi connectivity index (χ1) is 11.2. The maximum absolute atomic E-state index is 12.4. The predicted octanol–water partition coefficient (Wildman–Crippen LogP) is 3.29. The Morgan fingerprint density at radius 3 is 2.61 bits per heavy atom. The Balaban J connectivity index is 1.80. The fourth-order valence-electron chi connectivity index (χ4n) is 2.39. The summed E-state index contributed by atoms with van der Waals surface area (Å²) in [7, 11) is 0. The first-order valence-corrected chi connectivity index (χ1v) is 8.26. The van der Waals surface area contributed by atoms with E-state index in [1.54, 1.807) is 17.5 Å². The van der Waals surface area contributed by atoms with E-state index < -0.39 is 0 Å². The van der Waals surface area contributed by atoms with Crippen molar-refractivity contribution in [1.82, 2.24) is 15.3 Å². The van der Waals surface area contributed by atoms with E-state index in [-0.39, 0.29) is 18.4 Å². The Labute approximate surface area is 139 Å². The Morgan fingerprint density at radius 1 is 1.17 bits per heavy atom. The van der Waals surface area contributed by atoms with Crippen LogP contribution in [0.4, 0.5) is 0 Å². The van der Waals surface area contributed by atoms with Gasteiger partial charge in [0.15, 0.2) is 0 Å². The molecule has 0 saturated heterocycles. The van der Waals surface area contributed by atoms with Gasteiger partial charge in [0.2, 0.25) is 5.91 Å². The van der Waals surface area contributed by atoms with Gasteiger partial charge in [0.25, 0.3) is 0 Å². The second-order valence-electron chi connectivity index (χ2n) is 5.20. The number of carbonyl (C=O) groups is 1. The molecule has 0 aliphatic carbocycles. The first-order valence-electron chi connectivity index (χ1n) is 7.38. The van der Waals surface area contributed by atoms with Crippen LogP contribution in [0.5, 0.6) is 0 Å². The smallest absolute Gasteiger partial charge is 0.226 e. The van der Waals surface area contributed by atoms with Gasteiger partial charge in [-0.1, -0.05) is 36.4 Å². The standard InChI is InChI=1S/C18H17N3OS/c1-13-20-15(12-23-13)11-17(22)21-18(14-7-3-2-4-8-14)16-9-5-6-10-19-16/h2-10,12,18H,11H2,1H3,(H,21,22). The molecule has 0 saturated carbocycles. The van der Waals surface area contributed by atoms with Crippen molar-refractivity contribution in [2.24, 2.45) is 0 Å². The molecule has 1 aromatic carbocycles. The zero-order chi connectivity index (χ0) is 16.1. The molecule has 3 aromatic rings. The van der Waals surface area contributed by atoms with Crippen molar-refractivity contribution in [2.45, 2.75) is 19.4 Å². The molecule has 0 aliphatic rings. The lowest BCUT2D eigenvalue weighted by molar-refractivity contribution is -0.121. The van der Waals surface area contributed by atoms with E-state index in [4.69, 9.17) is 0 Å². The number of amides is 1. The number of aryl methyl sites for hydroxylation is 1. The van der Waals surface area contributed by atoms with Gasteiger partial charge in [-0.15, -0.1) is 11.3 Å². The molecule has 0 bridgehead atoms. The van der Waals surface area contributed by atoms with E-state index in [9.17, 15) is 4.79 Å². The van der Waals surface area contributed by atoms with Crippen LogP contribution in [0.2, 0.25) is 0 Å². The van der Waals surface area contributed by atoms with Gasteiger partial charge in [-0.3, -0.25) is 9.78 Å². The van der Waals surface area contributed by atoms with Crippen molar-refractivity contribution in [1.29, 1.82) is 0 Å². The number of pyridine rings is 1. The summed E-state index contributed by atoms with van der Waals surface area (Å²) in [6.45, 7) is 1.94. The lowest BCUT2D eigenvalue weighted by Gasteiger charge is -2.18. The van der Waals surface area contributed by atoms with E-state index in [1.807, 2.05) is 60.8 Å². The van der Waals surface area contributed by atoms with Crippen LogP contribution in [-0.2, 0) is 11.2 Å². The third kappa shape index (κ3) is 4.02. The molecule has 0 aliphatic heterocycles. The number of nitrogens with one attached hydrogen (secondary N) is 1. The van der Waals surface area contributed by atoms with Crippen LogP contribution in [0.15, 0.2) is 60.1 Å². The maximum Gasteiger partial charge on any atom is 0.226 e. The maximum atomic E-state index is 12.4. The largest absolute Gasteiger partial charge is 0.343 e. The summed E-state index contributed by atoms with van der Waals surface area (Å²) < 4.78 is 0. The molecule has 0 radical (unpaired) electrons. The zero-order valence-electron chi connectivity index (χ0n) is 12.8. The molecule has 2 aromatic heterocycles. The normalized spacial score (nSPS) is 11.9. The van der Waals surface area contributed by atoms with E-state index in [0.29, 0.717) is 0 Å². The topological polar surface area (TPSA) is 54.9 Å². The number of hydrogen-bond acceptors (Lipinski definition) is 4.